The van der Waals surface area contributed by atoms with Gasteiger partial charge in [0.15, 0.2) is 6.61 Å². The van der Waals surface area contributed by atoms with Crippen LogP contribution in [0.4, 0.5) is 4.39 Å². The van der Waals surface area contributed by atoms with Gasteiger partial charge in [-0.25, -0.2) is 4.39 Å². The van der Waals surface area contributed by atoms with Crippen LogP contribution in [0.25, 0.3) is 0 Å². The summed E-state index contributed by atoms with van der Waals surface area (Å²) in [5.41, 5.74) is 0.721. The smallest absolute Gasteiger partial charge is 0.261 e. The lowest BCUT2D eigenvalue weighted by atomic mass is 9.95. The summed E-state index contributed by atoms with van der Waals surface area (Å²) >= 11 is 12.1. The van der Waals surface area contributed by atoms with Crippen molar-refractivity contribution in [3.05, 3.63) is 63.9 Å². The van der Waals surface area contributed by atoms with E-state index in [2.05, 4.69) is 5.32 Å². The maximum Gasteiger partial charge on any atom is 0.261 e. The highest BCUT2D eigenvalue weighted by Gasteiger charge is 2.30. The van der Waals surface area contributed by atoms with Crippen molar-refractivity contribution in [2.75, 3.05) is 6.61 Å². The number of hydrogen-bond acceptors (Lipinski definition) is 3. The molecule has 178 valence electrons. The molecule has 1 saturated carbocycles. The molecule has 2 aromatic rings. The highest BCUT2D eigenvalue weighted by molar-refractivity contribution is 6.35. The summed E-state index contributed by atoms with van der Waals surface area (Å²) in [7, 11) is 0. The molecule has 2 aromatic carbocycles. The number of hydrogen-bond donors (Lipinski definition) is 1. The first-order valence-electron chi connectivity index (χ1n) is 11.3. The minimum atomic E-state index is -0.672. The Morgan fingerprint density at radius 3 is 2.45 bits per heavy atom. The third-order valence-electron chi connectivity index (χ3n) is 5.85. The number of nitrogens with zero attached hydrogens (tertiary/aromatic N) is 1. The van der Waals surface area contributed by atoms with Crippen molar-refractivity contribution < 1.29 is 18.7 Å². The zero-order chi connectivity index (χ0) is 23.8. The van der Waals surface area contributed by atoms with Crippen molar-refractivity contribution >= 4 is 35.0 Å². The molecule has 0 aromatic heterocycles. The highest BCUT2D eigenvalue weighted by Crippen LogP contribution is 2.27. The van der Waals surface area contributed by atoms with E-state index in [1.54, 1.807) is 24.3 Å². The molecule has 2 amide bonds. The average molecular weight is 495 g/mol. The van der Waals surface area contributed by atoms with Crippen LogP contribution in [-0.4, -0.2) is 35.4 Å². The van der Waals surface area contributed by atoms with Gasteiger partial charge in [0.25, 0.3) is 5.91 Å². The van der Waals surface area contributed by atoms with Gasteiger partial charge in [0.1, 0.15) is 17.6 Å². The topological polar surface area (TPSA) is 58.6 Å². The number of halogens is 3. The third-order valence-corrected chi connectivity index (χ3v) is 6.38. The second kappa shape index (κ2) is 12.2. The Bertz CT molecular complexity index is 949. The maximum atomic E-state index is 13.4. The Morgan fingerprint density at radius 2 is 1.82 bits per heavy atom. The predicted molar refractivity (Wildman–Crippen MR) is 128 cm³/mol. The fourth-order valence-corrected chi connectivity index (χ4v) is 4.53. The molecule has 0 saturated heterocycles. The Hall–Kier alpha value is -2.31. The van der Waals surface area contributed by atoms with Crippen LogP contribution in [0.3, 0.4) is 0 Å². The van der Waals surface area contributed by atoms with Crippen molar-refractivity contribution in [1.82, 2.24) is 10.2 Å². The van der Waals surface area contributed by atoms with Gasteiger partial charge in [-0.05, 0) is 55.2 Å². The van der Waals surface area contributed by atoms with E-state index >= 15 is 0 Å². The first kappa shape index (κ1) is 25.3. The molecule has 0 aliphatic heterocycles. The number of amides is 2. The monoisotopic (exact) mass is 494 g/mol. The molecule has 0 bridgehead atoms. The van der Waals surface area contributed by atoms with Gasteiger partial charge >= 0.3 is 0 Å². The van der Waals surface area contributed by atoms with Crippen molar-refractivity contribution in [3.8, 4) is 5.75 Å². The maximum absolute atomic E-state index is 13.4. The van der Waals surface area contributed by atoms with Crippen molar-refractivity contribution in [1.29, 1.82) is 0 Å². The van der Waals surface area contributed by atoms with Gasteiger partial charge < -0.3 is 15.0 Å². The number of nitrogens with one attached hydrogen (secondary N) is 1. The molecule has 1 aliphatic carbocycles. The molecular weight excluding hydrogens is 466 g/mol. The van der Waals surface area contributed by atoms with Crippen LogP contribution < -0.4 is 10.1 Å². The van der Waals surface area contributed by atoms with E-state index in [1.165, 1.54) is 29.5 Å². The first-order chi connectivity index (χ1) is 15.9. The molecule has 0 spiro atoms. The SMILES string of the molecule is CC[C@@H](C(=O)NC1CCCCC1)N(Cc1ccc(F)cc1)C(=O)COc1ccc(Cl)cc1Cl. The second-order valence-electron chi connectivity index (χ2n) is 8.28. The summed E-state index contributed by atoms with van der Waals surface area (Å²) in [5.74, 6) is -0.573. The molecule has 1 aliphatic rings. The van der Waals surface area contributed by atoms with Crippen molar-refractivity contribution in [2.45, 2.75) is 64.1 Å². The molecule has 33 heavy (non-hydrogen) atoms. The third kappa shape index (κ3) is 7.34. The van der Waals surface area contributed by atoms with Crippen LogP contribution in [0, 0.1) is 5.82 Å². The summed E-state index contributed by atoms with van der Waals surface area (Å²) in [4.78, 5) is 27.9. The molecule has 8 heteroatoms. The molecular formula is C25H29Cl2FN2O3. The van der Waals surface area contributed by atoms with Gasteiger partial charge in [0.05, 0.1) is 5.02 Å². The summed E-state index contributed by atoms with van der Waals surface area (Å²) in [6, 6.07) is 10.1. The van der Waals surface area contributed by atoms with Crippen LogP contribution >= 0.6 is 23.2 Å². The van der Waals surface area contributed by atoms with E-state index in [9.17, 15) is 14.0 Å². The summed E-state index contributed by atoms with van der Waals surface area (Å²) in [6.07, 6.45) is 5.71. The van der Waals surface area contributed by atoms with E-state index in [0.29, 0.717) is 22.2 Å². The van der Waals surface area contributed by atoms with E-state index in [1.807, 2.05) is 6.92 Å². The van der Waals surface area contributed by atoms with Crippen LogP contribution in [0.1, 0.15) is 51.0 Å². The lowest BCUT2D eigenvalue weighted by molar-refractivity contribution is -0.143. The van der Waals surface area contributed by atoms with Gasteiger partial charge in [-0.1, -0.05) is 61.5 Å². The van der Waals surface area contributed by atoms with E-state index in [-0.39, 0.29) is 36.8 Å². The molecule has 0 radical (unpaired) electrons. The minimum Gasteiger partial charge on any atom is -0.482 e. The minimum absolute atomic E-state index is 0.132. The largest absolute Gasteiger partial charge is 0.482 e. The zero-order valence-electron chi connectivity index (χ0n) is 18.7. The number of carbonyl (C=O) groups excluding carboxylic acids is 2. The van der Waals surface area contributed by atoms with Crippen LogP contribution in [0.5, 0.6) is 5.75 Å². The highest BCUT2D eigenvalue weighted by atomic mass is 35.5. The van der Waals surface area contributed by atoms with Crippen LogP contribution in [0.2, 0.25) is 10.0 Å². The fraction of sp³-hybridized carbons (Fsp3) is 0.440. The van der Waals surface area contributed by atoms with Gasteiger partial charge in [0.2, 0.25) is 5.91 Å². The van der Waals surface area contributed by atoms with Crippen LogP contribution in [0.15, 0.2) is 42.5 Å². The van der Waals surface area contributed by atoms with Crippen molar-refractivity contribution in [3.63, 3.8) is 0 Å². The molecule has 1 atom stereocenters. The number of rotatable bonds is 9. The summed E-state index contributed by atoms with van der Waals surface area (Å²) < 4.78 is 19.0. The molecule has 0 heterocycles. The Balaban J connectivity index is 1.76. The average Bonchev–Trinajstić information content (AvgIpc) is 2.80. The van der Waals surface area contributed by atoms with E-state index in [4.69, 9.17) is 27.9 Å². The van der Waals surface area contributed by atoms with Crippen LogP contribution in [-0.2, 0) is 16.1 Å². The number of ether oxygens (including phenoxy) is 1. The quantitative estimate of drug-likeness (QED) is 0.481. The Labute approximate surface area is 204 Å². The molecule has 3 rings (SSSR count). The summed E-state index contributed by atoms with van der Waals surface area (Å²) in [6.45, 7) is 1.73. The standard InChI is InChI=1S/C25H29Cl2FN2O3/c1-2-22(25(32)29-20-6-4-3-5-7-20)30(15-17-8-11-19(28)12-9-17)24(31)16-33-23-13-10-18(26)14-21(23)27/h8-14,20,22H,2-7,15-16H2,1H3,(H,29,32)/t22-/m0/s1. The Kier molecular flexibility index (Phi) is 9.39. The lowest BCUT2D eigenvalue weighted by Crippen LogP contribution is -2.52. The van der Waals surface area contributed by atoms with Gasteiger partial charge in [-0.2, -0.15) is 0 Å². The van der Waals surface area contributed by atoms with Gasteiger partial charge in [-0.15, -0.1) is 0 Å². The van der Waals surface area contributed by atoms with E-state index in [0.717, 1.165) is 31.2 Å². The first-order valence-corrected chi connectivity index (χ1v) is 12.0. The zero-order valence-corrected chi connectivity index (χ0v) is 20.2. The van der Waals surface area contributed by atoms with Crippen molar-refractivity contribution in [2.24, 2.45) is 0 Å². The summed E-state index contributed by atoms with van der Waals surface area (Å²) in [5, 5.41) is 3.87. The Morgan fingerprint density at radius 1 is 1.12 bits per heavy atom. The molecule has 1 N–H and O–H groups in total. The molecule has 1 fully saturated rings. The second-order valence-corrected chi connectivity index (χ2v) is 9.12. The number of carbonyl (C=O) groups is 2. The van der Waals surface area contributed by atoms with Gasteiger partial charge in [-0.3, -0.25) is 9.59 Å². The normalized spacial score (nSPS) is 15.0. The predicted octanol–water partition coefficient (Wildman–Crippen LogP) is 5.77. The lowest BCUT2D eigenvalue weighted by Gasteiger charge is -2.32. The molecule has 5 nitrogen and oxygen atoms in total. The number of benzene rings is 2. The molecule has 0 unspecified atom stereocenters. The van der Waals surface area contributed by atoms with E-state index < -0.39 is 6.04 Å². The fourth-order valence-electron chi connectivity index (χ4n) is 4.06. The van der Waals surface area contributed by atoms with Gasteiger partial charge in [0, 0.05) is 17.6 Å².